The molecule has 2 aromatic carbocycles. The Labute approximate surface area is 247 Å². The summed E-state index contributed by atoms with van der Waals surface area (Å²) in [4.78, 5) is 30.8. The predicted octanol–water partition coefficient (Wildman–Crippen LogP) is 5.22. The van der Waals surface area contributed by atoms with Gasteiger partial charge in [0.05, 0.1) is 32.0 Å². The van der Waals surface area contributed by atoms with Gasteiger partial charge in [-0.3, -0.25) is 18.9 Å². The minimum Gasteiger partial charge on any atom is -0.447 e. The molecule has 0 fully saturated rings. The minimum absolute atomic E-state index is 0.0415. The van der Waals surface area contributed by atoms with Crippen molar-refractivity contribution in [1.82, 2.24) is 15.2 Å². The van der Waals surface area contributed by atoms with E-state index in [1.807, 2.05) is 24.3 Å². The van der Waals surface area contributed by atoms with Gasteiger partial charge in [-0.05, 0) is 37.8 Å². The molecule has 3 N–H and O–H groups in total. The Morgan fingerprint density at radius 3 is 2.42 bits per heavy atom. The van der Waals surface area contributed by atoms with Gasteiger partial charge in [0.1, 0.15) is 12.4 Å². The number of hydrogen-bond acceptors (Lipinski definition) is 9. The first-order valence-electron chi connectivity index (χ1n) is 13.5. The van der Waals surface area contributed by atoms with Crippen LogP contribution < -0.4 is 10.6 Å². The maximum Gasteiger partial charge on any atom is 0.474 e. The maximum absolute atomic E-state index is 14.0. The molecule has 0 spiro atoms. The van der Waals surface area contributed by atoms with Crippen LogP contribution >= 0.6 is 7.82 Å². The second-order valence-corrected chi connectivity index (χ2v) is 10.9. The number of phosphoric ester groups is 1. The second-order valence-electron chi connectivity index (χ2n) is 9.24. The smallest absolute Gasteiger partial charge is 0.447 e. The zero-order chi connectivity index (χ0) is 31.4. The largest absolute Gasteiger partial charge is 0.474 e. The first kappa shape index (κ1) is 33.8. The number of aliphatic hydroxyl groups is 1. The third-order valence-corrected chi connectivity index (χ3v) is 7.76. The molecule has 0 radical (unpaired) electrons. The van der Waals surface area contributed by atoms with Crippen LogP contribution in [0.25, 0.3) is 10.8 Å². The molecule has 1 aromatic heterocycles. The number of ether oxygens (including phenoxy) is 1. The number of fused-ring (bicyclic) bond motifs is 1. The topological polar surface area (TPSA) is 149 Å². The molecule has 12 nitrogen and oxygen atoms in total. The number of phosphoric acid groups is 1. The number of likely N-dealkylation sites (N-methyl/N-ethyl adjacent to an activating group) is 1. The molecule has 0 bridgehead atoms. The zero-order valence-corrected chi connectivity index (χ0v) is 24.9. The number of nitrogens with zero attached hydrogens (tertiary/aromatic N) is 2. The lowest BCUT2D eigenvalue weighted by molar-refractivity contribution is 0.0353. The van der Waals surface area contributed by atoms with Gasteiger partial charge in [-0.25, -0.2) is 27.9 Å². The van der Waals surface area contributed by atoms with Gasteiger partial charge in [-0.1, -0.05) is 36.4 Å². The highest BCUT2D eigenvalue weighted by Crippen LogP contribution is 2.49. The number of rotatable bonds is 15. The fourth-order valence-electron chi connectivity index (χ4n) is 3.94. The van der Waals surface area contributed by atoms with Crippen LogP contribution in [-0.2, 0) is 29.4 Å². The molecule has 3 amide bonds. The molecule has 234 valence electrons. The van der Waals surface area contributed by atoms with Crippen molar-refractivity contribution < 1.29 is 46.3 Å². The van der Waals surface area contributed by atoms with Gasteiger partial charge in [-0.15, -0.1) is 0 Å². The van der Waals surface area contributed by atoms with E-state index in [2.05, 4.69) is 15.6 Å². The van der Waals surface area contributed by atoms with Crippen LogP contribution in [-0.4, -0.2) is 72.7 Å². The Balaban J connectivity index is 1.66. The Bertz CT molecular complexity index is 1420. The van der Waals surface area contributed by atoms with Gasteiger partial charge >= 0.3 is 19.9 Å². The van der Waals surface area contributed by atoms with Crippen LogP contribution in [0.5, 0.6) is 0 Å². The molecule has 43 heavy (non-hydrogen) atoms. The van der Waals surface area contributed by atoms with E-state index in [0.29, 0.717) is 0 Å². The first-order chi connectivity index (χ1) is 20.5. The molecule has 0 saturated heterocycles. The van der Waals surface area contributed by atoms with E-state index >= 15 is 0 Å². The molecule has 0 saturated carbocycles. The van der Waals surface area contributed by atoms with E-state index in [-0.39, 0.29) is 44.2 Å². The van der Waals surface area contributed by atoms with Crippen molar-refractivity contribution in [2.45, 2.75) is 39.0 Å². The Hall–Kier alpha value is -3.68. The summed E-state index contributed by atoms with van der Waals surface area (Å²) in [5.74, 6) is -1.91. The number of benzene rings is 2. The fraction of sp³-hybridized carbons (Fsp3) is 0.393. The van der Waals surface area contributed by atoms with Crippen molar-refractivity contribution in [3.8, 4) is 0 Å². The number of hydrogen-bond donors (Lipinski definition) is 3. The Morgan fingerprint density at radius 1 is 1.02 bits per heavy atom. The number of carbonyl (C=O) groups is 2. The van der Waals surface area contributed by atoms with Crippen LogP contribution in [0.2, 0.25) is 0 Å². The van der Waals surface area contributed by atoms with Crippen molar-refractivity contribution in [2.75, 3.05) is 38.8 Å². The lowest BCUT2D eigenvalue weighted by Gasteiger charge is -2.30. The highest BCUT2D eigenvalue weighted by molar-refractivity contribution is 7.48. The van der Waals surface area contributed by atoms with Gasteiger partial charge < -0.3 is 20.1 Å². The number of aliphatic hydroxyl groups excluding tert-OH is 1. The molecular formula is C28H35F2N4O8P. The van der Waals surface area contributed by atoms with E-state index < -0.39 is 50.3 Å². The van der Waals surface area contributed by atoms with E-state index in [1.165, 1.54) is 19.2 Å². The standard InChI is InChI=1S/C28H35F2N4O8P/c1-4-40-43(38,41-5-2)42-18-23(35)14-22(34(3)27(36)32-16-21-11-8-12-24(29)26(21)30)17-39-28(37)33-25-13-19-9-6-7-10-20(19)15-31-25/h6-13,15,22-23,35H,4-5,14,16-18H2,1-3H3,(H,32,36)(H,31,33,37)/t22-,23+/m1/s1. The zero-order valence-electron chi connectivity index (χ0n) is 24.0. The fourth-order valence-corrected chi connectivity index (χ4v) is 5.15. The summed E-state index contributed by atoms with van der Waals surface area (Å²) < 4.78 is 60.9. The normalized spacial score (nSPS) is 12.9. The molecule has 0 unspecified atom stereocenters. The number of urea groups is 1. The van der Waals surface area contributed by atoms with Gasteiger partial charge in [0.25, 0.3) is 0 Å². The number of anilines is 1. The Kier molecular flexibility index (Phi) is 12.8. The third-order valence-electron chi connectivity index (χ3n) is 6.14. The van der Waals surface area contributed by atoms with Crippen molar-refractivity contribution >= 4 is 36.5 Å². The summed E-state index contributed by atoms with van der Waals surface area (Å²) in [6.07, 6.45) is -0.777. The van der Waals surface area contributed by atoms with Crippen LogP contribution in [0.15, 0.2) is 54.7 Å². The monoisotopic (exact) mass is 624 g/mol. The molecule has 15 heteroatoms. The van der Waals surface area contributed by atoms with Gasteiger partial charge in [0, 0.05) is 30.7 Å². The summed E-state index contributed by atoms with van der Waals surface area (Å²) in [5.41, 5.74) is -0.0761. The summed E-state index contributed by atoms with van der Waals surface area (Å²) in [5, 5.41) is 17.4. The van der Waals surface area contributed by atoms with E-state index in [1.54, 1.807) is 26.1 Å². The lowest BCUT2D eigenvalue weighted by Crippen LogP contribution is -2.47. The molecule has 0 aliphatic rings. The average molecular weight is 625 g/mol. The minimum atomic E-state index is -3.92. The quantitative estimate of drug-likeness (QED) is 0.194. The van der Waals surface area contributed by atoms with E-state index in [0.717, 1.165) is 21.7 Å². The molecule has 3 rings (SSSR count). The SMILES string of the molecule is CCOP(=O)(OCC)OC[C@@H](O)C[C@H](COC(=O)Nc1cc2ccccc2cn1)N(C)C(=O)NCc1cccc(F)c1F. The molecule has 0 aliphatic heterocycles. The van der Waals surface area contributed by atoms with Crippen molar-refractivity contribution in [3.63, 3.8) is 0 Å². The number of carbonyl (C=O) groups excluding carboxylic acids is 2. The summed E-state index contributed by atoms with van der Waals surface area (Å²) in [7, 11) is -2.55. The molecule has 2 atom stereocenters. The molecule has 3 aromatic rings. The van der Waals surface area contributed by atoms with Gasteiger partial charge in [0.15, 0.2) is 11.6 Å². The van der Waals surface area contributed by atoms with E-state index in [9.17, 15) is 28.0 Å². The summed E-state index contributed by atoms with van der Waals surface area (Å²) >= 11 is 0. The molecule has 1 heterocycles. The summed E-state index contributed by atoms with van der Waals surface area (Å²) in [6.45, 7) is 2.08. The van der Waals surface area contributed by atoms with Crippen LogP contribution in [0.1, 0.15) is 25.8 Å². The van der Waals surface area contributed by atoms with Crippen LogP contribution in [0, 0.1) is 11.6 Å². The van der Waals surface area contributed by atoms with Gasteiger partial charge in [-0.2, -0.15) is 0 Å². The number of aromatic nitrogens is 1. The number of amides is 3. The number of nitrogens with one attached hydrogen (secondary N) is 2. The van der Waals surface area contributed by atoms with Crippen molar-refractivity contribution in [3.05, 3.63) is 71.9 Å². The number of halogens is 2. The van der Waals surface area contributed by atoms with Crippen molar-refractivity contribution in [2.24, 2.45) is 0 Å². The second kappa shape index (κ2) is 16.2. The Morgan fingerprint density at radius 2 is 1.72 bits per heavy atom. The highest BCUT2D eigenvalue weighted by Gasteiger charge is 2.30. The third kappa shape index (κ3) is 10.2. The highest BCUT2D eigenvalue weighted by atomic mass is 31.2. The van der Waals surface area contributed by atoms with Crippen LogP contribution in [0.4, 0.5) is 24.2 Å². The van der Waals surface area contributed by atoms with Crippen LogP contribution in [0.3, 0.4) is 0 Å². The predicted molar refractivity (Wildman–Crippen MR) is 154 cm³/mol. The molecule has 0 aliphatic carbocycles. The first-order valence-corrected chi connectivity index (χ1v) is 14.9. The lowest BCUT2D eigenvalue weighted by atomic mass is 10.1. The molecular weight excluding hydrogens is 589 g/mol. The summed E-state index contributed by atoms with van der Waals surface area (Å²) in [6, 6.07) is 11.0. The number of pyridine rings is 1. The maximum atomic E-state index is 14.0. The van der Waals surface area contributed by atoms with Gasteiger partial charge in [0.2, 0.25) is 0 Å². The van der Waals surface area contributed by atoms with E-state index in [4.69, 9.17) is 18.3 Å². The average Bonchev–Trinajstić information content (AvgIpc) is 2.98. The van der Waals surface area contributed by atoms with Crippen molar-refractivity contribution in [1.29, 1.82) is 0 Å².